The molecule has 82 valence electrons. The van der Waals surface area contributed by atoms with Crippen LogP contribution in [0.4, 0.5) is 8.78 Å². The van der Waals surface area contributed by atoms with Gasteiger partial charge < -0.3 is 14.9 Å². The van der Waals surface area contributed by atoms with Gasteiger partial charge in [-0.25, -0.2) is 8.78 Å². The van der Waals surface area contributed by atoms with Crippen LogP contribution in [0.1, 0.15) is 13.3 Å². The fraction of sp³-hybridized carbons (Fsp3) is 0.875. The number of hydrogen-bond donors (Lipinski definition) is 2. The SMILES string of the molecule is CCOC(O)C1(C(=O)O)CC1C(F)F. The average molecular weight is 210 g/mol. The minimum Gasteiger partial charge on any atom is -0.481 e. The minimum atomic E-state index is -2.73. The molecule has 0 spiro atoms. The van der Waals surface area contributed by atoms with E-state index < -0.39 is 30.0 Å². The topological polar surface area (TPSA) is 66.8 Å². The van der Waals surface area contributed by atoms with Crippen molar-refractivity contribution >= 4 is 5.97 Å². The van der Waals surface area contributed by atoms with Gasteiger partial charge in [-0.3, -0.25) is 4.79 Å². The summed E-state index contributed by atoms with van der Waals surface area (Å²) in [7, 11) is 0. The van der Waals surface area contributed by atoms with Crippen LogP contribution >= 0.6 is 0 Å². The van der Waals surface area contributed by atoms with Crippen molar-refractivity contribution in [1.29, 1.82) is 0 Å². The number of aliphatic hydroxyl groups excluding tert-OH is 1. The first-order valence-electron chi connectivity index (χ1n) is 4.28. The van der Waals surface area contributed by atoms with E-state index in [0.29, 0.717) is 0 Å². The Kier molecular flexibility index (Phi) is 3.06. The lowest BCUT2D eigenvalue weighted by molar-refractivity contribution is -0.180. The summed E-state index contributed by atoms with van der Waals surface area (Å²) in [6, 6.07) is 0. The molecule has 0 amide bonds. The second-order valence-electron chi connectivity index (χ2n) is 3.30. The predicted octanol–water partition coefficient (Wildman–Crippen LogP) is 0.697. The molecule has 0 saturated heterocycles. The first-order chi connectivity index (χ1) is 6.46. The summed E-state index contributed by atoms with van der Waals surface area (Å²) in [5, 5.41) is 18.0. The van der Waals surface area contributed by atoms with Crippen LogP contribution in [0.15, 0.2) is 0 Å². The second kappa shape index (κ2) is 3.78. The van der Waals surface area contributed by atoms with Crippen molar-refractivity contribution in [3.8, 4) is 0 Å². The van der Waals surface area contributed by atoms with E-state index in [-0.39, 0.29) is 13.0 Å². The van der Waals surface area contributed by atoms with E-state index in [4.69, 9.17) is 5.11 Å². The Morgan fingerprint density at radius 2 is 2.29 bits per heavy atom. The van der Waals surface area contributed by atoms with Crippen LogP contribution in [0.2, 0.25) is 0 Å². The highest BCUT2D eigenvalue weighted by Gasteiger charge is 2.69. The Balaban J connectivity index is 2.72. The number of carbonyl (C=O) groups is 1. The van der Waals surface area contributed by atoms with E-state index in [0.717, 1.165) is 0 Å². The Bertz CT molecular complexity index is 233. The quantitative estimate of drug-likeness (QED) is 0.655. The molecule has 0 aromatic rings. The average Bonchev–Trinajstić information content (AvgIpc) is 2.79. The molecule has 1 saturated carbocycles. The summed E-state index contributed by atoms with van der Waals surface area (Å²) >= 11 is 0. The van der Waals surface area contributed by atoms with E-state index in [9.17, 15) is 18.7 Å². The van der Waals surface area contributed by atoms with Gasteiger partial charge in [-0.2, -0.15) is 0 Å². The lowest BCUT2D eigenvalue weighted by atomic mass is 10.0. The third kappa shape index (κ3) is 1.59. The van der Waals surface area contributed by atoms with Crippen molar-refractivity contribution in [3.05, 3.63) is 0 Å². The van der Waals surface area contributed by atoms with Crippen molar-refractivity contribution in [2.24, 2.45) is 11.3 Å². The van der Waals surface area contributed by atoms with E-state index in [1.54, 1.807) is 6.92 Å². The van der Waals surface area contributed by atoms with Gasteiger partial charge in [0.05, 0.1) is 0 Å². The largest absolute Gasteiger partial charge is 0.481 e. The maximum Gasteiger partial charge on any atom is 0.315 e. The van der Waals surface area contributed by atoms with Crippen LogP contribution in [0.25, 0.3) is 0 Å². The molecule has 0 aromatic carbocycles. The molecule has 1 aliphatic rings. The highest BCUT2D eigenvalue weighted by molar-refractivity contribution is 5.79. The zero-order valence-corrected chi connectivity index (χ0v) is 7.61. The van der Waals surface area contributed by atoms with Crippen molar-refractivity contribution < 1.29 is 28.5 Å². The van der Waals surface area contributed by atoms with Crippen molar-refractivity contribution in [1.82, 2.24) is 0 Å². The van der Waals surface area contributed by atoms with E-state index >= 15 is 0 Å². The molecule has 2 N–H and O–H groups in total. The number of aliphatic hydroxyl groups is 1. The van der Waals surface area contributed by atoms with Gasteiger partial charge in [0.2, 0.25) is 6.43 Å². The summed E-state index contributed by atoms with van der Waals surface area (Å²) in [5.74, 6) is -2.73. The van der Waals surface area contributed by atoms with Gasteiger partial charge in [0.25, 0.3) is 0 Å². The van der Waals surface area contributed by atoms with Gasteiger partial charge in [-0.1, -0.05) is 0 Å². The van der Waals surface area contributed by atoms with Crippen LogP contribution in [-0.2, 0) is 9.53 Å². The molecular weight excluding hydrogens is 198 g/mol. The molecule has 0 heterocycles. The van der Waals surface area contributed by atoms with Crippen LogP contribution in [0, 0.1) is 11.3 Å². The third-order valence-electron chi connectivity index (χ3n) is 2.53. The zero-order chi connectivity index (χ0) is 10.9. The summed E-state index contributed by atoms with van der Waals surface area (Å²) in [6.45, 7) is 1.64. The first kappa shape index (κ1) is 11.3. The van der Waals surface area contributed by atoms with Crippen molar-refractivity contribution in [2.75, 3.05) is 6.61 Å². The monoisotopic (exact) mass is 210 g/mol. The summed E-state index contributed by atoms with van der Waals surface area (Å²) in [6.07, 6.45) is -4.62. The minimum absolute atomic E-state index is 0.0894. The fourth-order valence-electron chi connectivity index (χ4n) is 1.56. The lowest BCUT2D eigenvalue weighted by Gasteiger charge is -2.19. The molecule has 0 radical (unpaired) electrons. The van der Waals surface area contributed by atoms with Gasteiger partial charge in [0, 0.05) is 12.5 Å². The molecule has 14 heavy (non-hydrogen) atoms. The Hall–Kier alpha value is -0.750. The number of hydrogen-bond acceptors (Lipinski definition) is 3. The Morgan fingerprint density at radius 1 is 1.71 bits per heavy atom. The number of aliphatic carboxylic acids is 1. The van der Waals surface area contributed by atoms with E-state index in [2.05, 4.69) is 4.74 Å². The van der Waals surface area contributed by atoms with Gasteiger partial charge in [-0.05, 0) is 13.3 Å². The molecule has 3 unspecified atom stereocenters. The maximum absolute atomic E-state index is 12.2. The van der Waals surface area contributed by atoms with Crippen LogP contribution in [0.3, 0.4) is 0 Å². The smallest absolute Gasteiger partial charge is 0.315 e. The number of carboxylic acid groups (broad SMARTS) is 1. The van der Waals surface area contributed by atoms with Crippen molar-refractivity contribution in [2.45, 2.75) is 26.1 Å². The molecule has 1 aliphatic carbocycles. The molecule has 0 aromatic heterocycles. The lowest BCUT2D eigenvalue weighted by Crippen LogP contribution is -2.35. The second-order valence-corrected chi connectivity index (χ2v) is 3.30. The van der Waals surface area contributed by atoms with Crippen LogP contribution in [0.5, 0.6) is 0 Å². The molecule has 6 heteroatoms. The summed E-state index contributed by atoms with van der Waals surface area (Å²) in [5.41, 5.74) is -1.80. The molecule has 0 bridgehead atoms. The molecular formula is C8H12F2O4. The van der Waals surface area contributed by atoms with E-state index in [1.807, 2.05) is 0 Å². The number of rotatable bonds is 5. The molecule has 0 aliphatic heterocycles. The van der Waals surface area contributed by atoms with Gasteiger partial charge >= 0.3 is 5.97 Å². The highest BCUT2D eigenvalue weighted by atomic mass is 19.3. The van der Waals surface area contributed by atoms with Gasteiger partial charge in [-0.15, -0.1) is 0 Å². The maximum atomic E-state index is 12.2. The third-order valence-corrected chi connectivity index (χ3v) is 2.53. The summed E-state index contributed by atoms with van der Waals surface area (Å²) < 4.78 is 29.1. The van der Waals surface area contributed by atoms with Gasteiger partial charge in [0.15, 0.2) is 6.29 Å². The Labute approximate surface area is 79.5 Å². The van der Waals surface area contributed by atoms with Crippen LogP contribution < -0.4 is 0 Å². The number of ether oxygens (including phenoxy) is 1. The fourth-order valence-corrected chi connectivity index (χ4v) is 1.56. The van der Waals surface area contributed by atoms with Gasteiger partial charge in [0.1, 0.15) is 5.41 Å². The number of halogens is 2. The Morgan fingerprint density at radius 3 is 2.57 bits per heavy atom. The normalized spacial score (nSPS) is 33.1. The van der Waals surface area contributed by atoms with E-state index in [1.165, 1.54) is 0 Å². The van der Waals surface area contributed by atoms with Crippen LogP contribution in [-0.4, -0.2) is 35.5 Å². The van der Waals surface area contributed by atoms with Crippen molar-refractivity contribution in [3.63, 3.8) is 0 Å². The number of alkyl halides is 2. The molecule has 3 atom stereocenters. The molecule has 1 rings (SSSR count). The highest BCUT2D eigenvalue weighted by Crippen LogP contribution is 2.58. The zero-order valence-electron chi connectivity index (χ0n) is 7.61. The predicted molar refractivity (Wildman–Crippen MR) is 41.8 cm³/mol. The standard InChI is InChI=1S/C8H12F2O4/c1-2-14-7(13)8(6(11)12)3-4(8)5(9)10/h4-5,7,13H,2-3H2,1H3,(H,11,12). The summed E-state index contributed by atoms with van der Waals surface area (Å²) in [4.78, 5) is 10.7. The first-order valence-corrected chi connectivity index (χ1v) is 4.28. The number of carboxylic acids is 1. The molecule has 1 fully saturated rings. The molecule has 4 nitrogen and oxygen atoms in total.